The van der Waals surface area contributed by atoms with E-state index >= 15 is 0 Å². The summed E-state index contributed by atoms with van der Waals surface area (Å²) in [6, 6.07) is 7.68. The van der Waals surface area contributed by atoms with E-state index in [0.29, 0.717) is 19.5 Å². The van der Waals surface area contributed by atoms with Crippen molar-refractivity contribution < 1.29 is 19.1 Å². The van der Waals surface area contributed by atoms with Crippen LogP contribution >= 0.6 is 0 Å². The van der Waals surface area contributed by atoms with Crippen LogP contribution < -0.4 is 4.74 Å². The molecular weight excluding hydrogens is 306 g/mol. The van der Waals surface area contributed by atoms with Crippen molar-refractivity contribution >= 4 is 11.9 Å². The van der Waals surface area contributed by atoms with E-state index in [1.807, 2.05) is 56.9 Å². The average Bonchev–Trinajstić information content (AvgIpc) is 2.74. The monoisotopic (exact) mass is 333 g/mol. The number of benzene rings is 1. The summed E-state index contributed by atoms with van der Waals surface area (Å²) in [7, 11) is 1.63. The van der Waals surface area contributed by atoms with E-state index in [2.05, 4.69) is 0 Å². The predicted octanol–water partition coefficient (Wildman–Crippen LogP) is 3.17. The van der Waals surface area contributed by atoms with Gasteiger partial charge in [-0.1, -0.05) is 19.1 Å². The predicted molar refractivity (Wildman–Crippen MR) is 91.6 cm³/mol. The topological polar surface area (TPSA) is 55.8 Å². The normalized spacial score (nSPS) is 21.0. The molecule has 0 spiro atoms. The molecule has 0 aliphatic carbocycles. The second-order valence-corrected chi connectivity index (χ2v) is 7.65. The maximum atomic E-state index is 12.7. The van der Waals surface area contributed by atoms with Crippen LogP contribution in [0.4, 0.5) is 0 Å². The van der Waals surface area contributed by atoms with Gasteiger partial charge in [0.2, 0.25) is 5.91 Å². The summed E-state index contributed by atoms with van der Waals surface area (Å²) >= 11 is 0. The van der Waals surface area contributed by atoms with Gasteiger partial charge in [0, 0.05) is 13.1 Å². The SMILES string of the molecule is COc1ccc(CN2CC[C@](C)(CC(=O)OC(C)(C)C)C2=O)cc1. The molecule has 1 aromatic rings. The summed E-state index contributed by atoms with van der Waals surface area (Å²) in [6.45, 7) is 8.56. The Morgan fingerprint density at radius 1 is 1.25 bits per heavy atom. The van der Waals surface area contributed by atoms with Crippen LogP contribution in [0.2, 0.25) is 0 Å². The number of amides is 1. The Morgan fingerprint density at radius 2 is 1.88 bits per heavy atom. The molecule has 1 atom stereocenters. The van der Waals surface area contributed by atoms with E-state index in [1.54, 1.807) is 7.11 Å². The molecule has 1 saturated heterocycles. The number of hydrogen-bond donors (Lipinski definition) is 0. The minimum atomic E-state index is -0.672. The minimum absolute atomic E-state index is 0.0178. The van der Waals surface area contributed by atoms with Gasteiger partial charge in [-0.2, -0.15) is 0 Å². The van der Waals surface area contributed by atoms with E-state index < -0.39 is 11.0 Å². The highest BCUT2D eigenvalue weighted by Crippen LogP contribution is 2.36. The van der Waals surface area contributed by atoms with Crippen LogP contribution in [0.15, 0.2) is 24.3 Å². The average molecular weight is 333 g/mol. The van der Waals surface area contributed by atoms with Crippen molar-refractivity contribution in [3.63, 3.8) is 0 Å². The molecular formula is C19H27NO4. The molecule has 0 bridgehead atoms. The Bertz CT molecular complexity index is 603. The molecule has 1 amide bonds. The van der Waals surface area contributed by atoms with Crippen molar-refractivity contribution in [3.05, 3.63) is 29.8 Å². The quantitative estimate of drug-likeness (QED) is 0.777. The number of methoxy groups -OCH3 is 1. The van der Waals surface area contributed by atoms with Crippen molar-refractivity contribution in [2.45, 2.75) is 52.7 Å². The zero-order chi connectivity index (χ0) is 18.0. The van der Waals surface area contributed by atoms with Gasteiger partial charge in [-0.15, -0.1) is 0 Å². The maximum Gasteiger partial charge on any atom is 0.307 e. The van der Waals surface area contributed by atoms with E-state index in [9.17, 15) is 9.59 Å². The molecule has 2 rings (SSSR count). The molecule has 1 fully saturated rings. The van der Waals surface area contributed by atoms with Crippen LogP contribution in [-0.4, -0.2) is 36.0 Å². The molecule has 1 aliphatic rings. The lowest BCUT2D eigenvalue weighted by Gasteiger charge is -2.25. The fourth-order valence-corrected chi connectivity index (χ4v) is 2.93. The van der Waals surface area contributed by atoms with Crippen LogP contribution in [-0.2, 0) is 20.9 Å². The van der Waals surface area contributed by atoms with E-state index in [1.165, 1.54) is 0 Å². The van der Waals surface area contributed by atoms with Crippen molar-refractivity contribution in [1.29, 1.82) is 0 Å². The lowest BCUT2D eigenvalue weighted by atomic mass is 9.85. The molecule has 24 heavy (non-hydrogen) atoms. The summed E-state index contributed by atoms with van der Waals surface area (Å²) < 4.78 is 10.5. The fourth-order valence-electron chi connectivity index (χ4n) is 2.93. The molecule has 0 N–H and O–H groups in total. The third kappa shape index (κ3) is 4.49. The first-order chi connectivity index (χ1) is 11.1. The summed E-state index contributed by atoms with van der Waals surface area (Å²) in [5, 5.41) is 0. The van der Waals surface area contributed by atoms with Crippen LogP contribution in [0.25, 0.3) is 0 Å². The number of nitrogens with zero attached hydrogens (tertiary/aromatic N) is 1. The Labute approximate surface area is 143 Å². The molecule has 132 valence electrons. The maximum absolute atomic E-state index is 12.7. The lowest BCUT2D eigenvalue weighted by Crippen LogP contribution is -2.35. The number of ether oxygens (including phenoxy) is 2. The highest BCUT2D eigenvalue weighted by Gasteiger charge is 2.44. The van der Waals surface area contributed by atoms with Crippen molar-refractivity contribution in [1.82, 2.24) is 4.90 Å². The molecule has 0 unspecified atom stereocenters. The van der Waals surface area contributed by atoms with Gasteiger partial charge in [0.25, 0.3) is 0 Å². The van der Waals surface area contributed by atoms with Gasteiger partial charge in [0.05, 0.1) is 18.9 Å². The summed E-state index contributed by atoms with van der Waals surface area (Å²) in [5.41, 5.74) is -0.155. The first-order valence-electron chi connectivity index (χ1n) is 8.27. The molecule has 1 aromatic carbocycles. The zero-order valence-corrected chi connectivity index (χ0v) is 15.2. The number of rotatable bonds is 5. The Kier molecular flexibility index (Phi) is 5.21. The largest absolute Gasteiger partial charge is 0.497 e. The van der Waals surface area contributed by atoms with Crippen LogP contribution in [0.3, 0.4) is 0 Å². The number of carbonyl (C=O) groups excluding carboxylic acids is 2. The van der Waals surface area contributed by atoms with Gasteiger partial charge in [0.15, 0.2) is 0 Å². The van der Waals surface area contributed by atoms with E-state index in [-0.39, 0.29) is 18.3 Å². The molecule has 1 heterocycles. The Hall–Kier alpha value is -2.04. The second kappa shape index (κ2) is 6.83. The van der Waals surface area contributed by atoms with E-state index in [4.69, 9.17) is 9.47 Å². The number of likely N-dealkylation sites (tertiary alicyclic amines) is 1. The van der Waals surface area contributed by atoms with E-state index in [0.717, 1.165) is 11.3 Å². The van der Waals surface area contributed by atoms with Crippen molar-refractivity contribution in [2.24, 2.45) is 5.41 Å². The fraction of sp³-hybridized carbons (Fsp3) is 0.579. The molecule has 0 aromatic heterocycles. The highest BCUT2D eigenvalue weighted by atomic mass is 16.6. The molecule has 0 radical (unpaired) electrons. The standard InChI is InChI=1S/C19H27NO4/c1-18(2,3)24-16(21)12-19(4)10-11-20(17(19)22)13-14-6-8-15(23-5)9-7-14/h6-9H,10-13H2,1-5H3/t19-/m1/s1. The minimum Gasteiger partial charge on any atom is -0.497 e. The number of esters is 1. The summed E-state index contributed by atoms with van der Waals surface area (Å²) in [6.07, 6.45) is 0.795. The third-order valence-corrected chi connectivity index (χ3v) is 4.22. The number of carbonyl (C=O) groups is 2. The Morgan fingerprint density at radius 3 is 2.42 bits per heavy atom. The first kappa shape index (κ1) is 18.3. The molecule has 1 aliphatic heterocycles. The highest BCUT2D eigenvalue weighted by molar-refractivity contribution is 5.88. The van der Waals surface area contributed by atoms with Gasteiger partial charge in [0.1, 0.15) is 11.4 Å². The van der Waals surface area contributed by atoms with Gasteiger partial charge in [-0.25, -0.2) is 0 Å². The van der Waals surface area contributed by atoms with Crippen molar-refractivity contribution in [3.8, 4) is 5.75 Å². The second-order valence-electron chi connectivity index (χ2n) is 7.65. The summed E-state index contributed by atoms with van der Waals surface area (Å²) in [5.74, 6) is 0.495. The van der Waals surface area contributed by atoms with Gasteiger partial charge in [-0.3, -0.25) is 9.59 Å². The zero-order valence-electron chi connectivity index (χ0n) is 15.2. The van der Waals surface area contributed by atoms with Gasteiger partial charge >= 0.3 is 5.97 Å². The lowest BCUT2D eigenvalue weighted by molar-refractivity contribution is -0.160. The molecule has 0 saturated carbocycles. The van der Waals surface area contributed by atoms with Gasteiger partial charge < -0.3 is 14.4 Å². The number of hydrogen-bond acceptors (Lipinski definition) is 4. The van der Waals surface area contributed by atoms with Crippen molar-refractivity contribution in [2.75, 3.05) is 13.7 Å². The molecule has 5 heteroatoms. The Balaban J connectivity index is 1.98. The van der Waals surface area contributed by atoms with Gasteiger partial charge in [-0.05, 0) is 44.9 Å². The van der Waals surface area contributed by atoms with Crippen LogP contribution in [0, 0.1) is 5.41 Å². The van der Waals surface area contributed by atoms with Crippen LogP contribution in [0.1, 0.15) is 46.1 Å². The summed E-state index contributed by atoms with van der Waals surface area (Å²) in [4.78, 5) is 26.7. The molecule has 5 nitrogen and oxygen atoms in total. The first-order valence-corrected chi connectivity index (χ1v) is 8.27. The smallest absolute Gasteiger partial charge is 0.307 e. The van der Waals surface area contributed by atoms with Crippen LogP contribution in [0.5, 0.6) is 5.75 Å². The third-order valence-electron chi connectivity index (χ3n) is 4.22.